The Morgan fingerprint density at radius 1 is 1.47 bits per heavy atom. The number of likely N-dealkylation sites (tertiary alicyclic amines) is 1. The Balaban J connectivity index is 1.76. The van der Waals surface area contributed by atoms with E-state index in [0.29, 0.717) is 6.17 Å². The minimum Gasteiger partial charge on any atom is -0.388 e. The van der Waals surface area contributed by atoms with Crippen molar-refractivity contribution in [1.29, 1.82) is 0 Å². The zero-order valence-electron chi connectivity index (χ0n) is 9.63. The highest BCUT2D eigenvalue weighted by molar-refractivity contribution is 4.88. The number of piperidine rings is 1. The van der Waals surface area contributed by atoms with Gasteiger partial charge in [-0.2, -0.15) is 0 Å². The molecular formula is C11H23N3O. The van der Waals surface area contributed by atoms with Crippen molar-refractivity contribution in [2.45, 2.75) is 37.5 Å². The molecule has 2 aliphatic heterocycles. The van der Waals surface area contributed by atoms with Crippen molar-refractivity contribution in [1.82, 2.24) is 15.5 Å². The number of rotatable bonds is 3. The normalized spacial score (nSPS) is 32.0. The van der Waals surface area contributed by atoms with E-state index in [2.05, 4.69) is 22.6 Å². The van der Waals surface area contributed by atoms with Crippen molar-refractivity contribution >= 4 is 0 Å². The van der Waals surface area contributed by atoms with Gasteiger partial charge in [-0.3, -0.25) is 10.2 Å². The van der Waals surface area contributed by atoms with Gasteiger partial charge in [0.1, 0.15) is 0 Å². The maximum absolute atomic E-state index is 10.3. The largest absolute Gasteiger partial charge is 0.388 e. The zero-order chi connectivity index (χ0) is 10.7. The van der Waals surface area contributed by atoms with Crippen molar-refractivity contribution in [3.63, 3.8) is 0 Å². The molecule has 2 saturated heterocycles. The van der Waals surface area contributed by atoms with Gasteiger partial charge in [0.25, 0.3) is 0 Å². The lowest BCUT2D eigenvalue weighted by Gasteiger charge is -2.34. The molecule has 88 valence electrons. The van der Waals surface area contributed by atoms with Crippen molar-refractivity contribution in [3.8, 4) is 0 Å². The third-order valence-corrected chi connectivity index (χ3v) is 3.72. The molecule has 2 fully saturated rings. The summed E-state index contributed by atoms with van der Waals surface area (Å²) >= 11 is 0. The first kappa shape index (κ1) is 11.3. The highest BCUT2D eigenvalue weighted by Crippen LogP contribution is 2.18. The molecule has 2 rings (SSSR count). The van der Waals surface area contributed by atoms with Crippen molar-refractivity contribution in [2.75, 3.05) is 33.2 Å². The first-order chi connectivity index (χ1) is 7.20. The van der Waals surface area contributed by atoms with E-state index >= 15 is 0 Å². The fraction of sp³-hybridized carbons (Fsp3) is 1.00. The minimum atomic E-state index is -0.477. The van der Waals surface area contributed by atoms with E-state index in [9.17, 15) is 5.11 Å². The monoisotopic (exact) mass is 213 g/mol. The topological polar surface area (TPSA) is 47.5 Å². The second-order valence-electron chi connectivity index (χ2n) is 4.99. The van der Waals surface area contributed by atoms with Crippen LogP contribution in [0.25, 0.3) is 0 Å². The van der Waals surface area contributed by atoms with Gasteiger partial charge in [-0.25, -0.2) is 0 Å². The Labute approximate surface area is 92.0 Å². The van der Waals surface area contributed by atoms with Crippen LogP contribution < -0.4 is 10.6 Å². The molecule has 15 heavy (non-hydrogen) atoms. The Hall–Kier alpha value is -0.160. The Kier molecular flexibility index (Phi) is 3.61. The fourth-order valence-electron chi connectivity index (χ4n) is 2.54. The highest BCUT2D eigenvalue weighted by Gasteiger charge is 2.30. The van der Waals surface area contributed by atoms with Crippen molar-refractivity contribution in [2.24, 2.45) is 0 Å². The van der Waals surface area contributed by atoms with Crippen LogP contribution in [-0.2, 0) is 0 Å². The fourth-order valence-corrected chi connectivity index (χ4v) is 2.54. The van der Waals surface area contributed by atoms with E-state index < -0.39 is 5.60 Å². The molecule has 2 heterocycles. The molecule has 0 radical (unpaired) electrons. The number of nitrogens with zero attached hydrogens (tertiary/aromatic N) is 1. The third-order valence-electron chi connectivity index (χ3n) is 3.72. The number of aliphatic hydroxyl groups is 1. The third kappa shape index (κ3) is 2.91. The Bertz CT molecular complexity index is 204. The Morgan fingerprint density at radius 2 is 2.20 bits per heavy atom. The molecule has 0 aromatic heterocycles. The molecule has 3 N–H and O–H groups in total. The van der Waals surface area contributed by atoms with Gasteiger partial charge in [-0.05, 0) is 52.4 Å². The molecule has 2 aliphatic rings. The number of hydrogen-bond acceptors (Lipinski definition) is 4. The molecule has 0 aliphatic carbocycles. The molecule has 0 aromatic carbocycles. The van der Waals surface area contributed by atoms with Crippen LogP contribution in [0.2, 0.25) is 0 Å². The van der Waals surface area contributed by atoms with Crippen LogP contribution in [0, 0.1) is 0 Å². The zero-order valence-corrected chi connectivity index (χ0v) is 9.63. The van der Waals surface area contributed by atoms with Gasteiger partial charge >= 0.3 is 0 Å². The predicted octanol–water partition coefficient (Wildman–Crippen LogP) is -0.258. The molecule has 4 nitrogen and oxygen atoms in total. The van der Waals surface area contributed by atoms with Crippen LogP contribution in [0.5, 0.6) is 0 Å². The number of nitrogens with one attached hydrogen (secondary N) is 2. The maximum Gasteiger partial charge on any atom is 0.0796 e. The van der Waals surface area contributed by atoms with Crippen LogP contribution in [0.4, 0.5) is 0 Å². The van der Waals surface area contributed by atoms with Crippen LogP contribution in [0.15, 0.2) is 0 Å². The lowest BCUT2D eigenvalue weighted by atomic mass is 9.92. The van der Waals surface area contributed by atoms with E-state index in [1.165, 1.54) is 19.4 Å². The van der Waals surface area contributed by atoms with E-state index in [1.54, 1.807) is 0 Å². The molecular weight excluding hydrogens is 190 g/mol. The summed E-state index contributed by atoms with van der Waals surface area (Å²) in [7, 11) is 2.15. The maximum atomic E-state index is 10.3. The lowest BCUT2D eigenvalue weighted by Crippen LogP contribution is -2.52. The lowest BCUT2D eigenvalue weighted by molar-refractivity contribution is 0.00486. The summed E-state index contributed by atoms with van der Waals surface area (Å²) in [5, 5.41) is 17.1. The van der Waals surface area contributed by atoms with Crippen LogP contribution >= 0.6 is 0 Å². The summed E-state index contributed by atoms with van der Waals surface area (Å²) in [5.41, 5.74) is -0.477. The summed E-state index contributed by atoms with van der Waals surface area (Å²) in [6.45, 7) is 3.80. The average molecular weight is 213 g/mol. The molecule has 1 atom stereocenters. The second-order valence-corrected chi connectivity index (χ2v) is 4.99. The van der Waals surface area contributed by atoms with Gasteiger partial charge in [0, 0.05) is 6.54 Å². The first-order valence-electron chi connectivity index (χ1n) is 6.06. The SMILES string of the molecule is CN1CCCC1NCC1(O)CCNCC1. The van der Waals surface area contributed by atoms with Crippen LogP contribution in [-0.4, -0.2) is 55.0 Å². The summed E-state index contributed by atoms with van der Waals surface area (Å²) in [6, 6.07) is 0. The van der Waals surface area contributed by atoms with Crippen LogP contribution in [0.1, 0.15) is 25.7 Å². The quantitative estimate of drug-likeness (QED) is 0.605. The molecule has 1 unspecified atom stereocenters. The minimum absolute atomic E-state index is 0.476. The highest BCUT2D eigenvalue weighted by atomic mass is 16.3. The molecule has 0 bridgehead atoms. The molecule has 4 heteroatoms. The molecule has 0 saturated carbocycles. The Morgan fingerprint density at radius 3 is 2.80 bits per heavy atom. The van der Waals surface area contributed by atoms with Crippen molar-refractivity contribution < 1.29 is 5.11 Å². The molecule has 0 aromatic rings. The average Bonchev–Trinajstić information content (AvgIpc) is 2.62. The smallest absolute Gasteiger partial charge is 0.0796 e. The van der Waals surface area contributed by atoms with Gasteiger partial charge in [-0.15, -0.1) is 0 Å². The van der Waals surface area contributed by atoms with Gasteiger partial charge in [-0.1, -0.05) is 0 Å². The van der Waals surface area contributed by atoms with Crippen LogP contribution in [0.3, 0.4) is 0 Å². The predicted molar refractivity (Wildman–Crippen MR) is 60.7 cm³/mol. The van der Waals surface area contributed by atoms with Gasteiger partial charge in [0.15, 0.2) is 0 Å². The summed E-state index contributed by atoms with van der Waals surface area (Å²) < 4.78 is 0. The van der Waals surface area contributed by atoms with E-state index in [-0.39, 0.29) is 0 Å². The number of hydrogen-bond donors (Lipinski definition) is 3. The summed E-state index contributed by atoms with van der Waals surface area (Å²) in [5.74, 6) is 0. The summed E-state index contributed by atoms with van der Waals surface area (Å²) in [4.78, 5) is 2.34. The van der Waals surface area contributed by atoms with E-state index in [4.69, 9.17) is 0 Å². The van der Waals surface area contributed by atoms with Gasteiger partial charge in [0.2, 0.25) is 0 Å². The van der Waals surface area contributed by atoms with E-state index in [1.807, 2.05) is 0 Å². The van der Waals surface area contributed by atoms with E-state index in [0.717, 1.165) is 32.5 Å². The first-order valence-corrected chi connectivity index (χ1v) is 6.06. The van der Waals surface area contributed by atoms with Gasteiger partial charge in [0.05, 0.1) is 11.8 Å². The molecule has 0 amide bonds. The van der Waals surface area contributed by atoms with Gasteiger partial charge < -0.3 is 10.4 Å². The second kappa shape index (κ2) is 4.78. The summed E-state index contributed by atoms with van der Waals surface area (Å²) in [6.07, 6.45) is 4.70. The molecule has 0 spiro atoms. The van der Waals surface area contributed by atoms with Crippen molar-refractivity contribution in [3.05, 3.63) is 0 Å². The standard InChI is InChI=1S/C11H23N3O/c1-14-8-2-3-10(14)13-9-11(15)4-6-12-7-5-11/h10,12-13,15H,2-9H2,1H3.